The molecule has 1 rings (SSSR count). The van der Waals surface area contributed by atoms with Crippen molar-refractivity contribution >= 4 is 27.6 Å². The van der Waals surface area contributed by atoms with Crippen LogP contribution in [0, 0.1) is 0 Å². The van der Waals surface area contributed by atoms with Crippen LogP contribution in [-0.2, 0) is 19.5 Å². The minimum absolute atomic E-state index is 0.0632. The molecule has 0 aliphatic heterocycles. The van der Waals surface area contributed by atoms with E-state index in [0.29, 0.717) is 19.7 Å². The van der Waals surface area contributed by atoms with E-state index < -0.39 is 16.0 Å². The zero-order valence-corrected chi connectivity index (χ0v) is 14.0. The van der Waals surface area contributed by atoms with Gasteiger partial charge in [0.15, 0.2) is 0 Å². The highest BCUT2D eigenvalue weighted by atomic mass is 35.5. The normalized spacial score (nSPS) is 11.4. The molecule has 0 bridgehead atoms. The molecule has 1 aromatic rings. The van der Waals surface area contributed by atoms with Crippen LogP contribution in [0.5, 0.6) is 0 Å². The van der Waals surface area contributed by atoms with Gasteiger partial charge in [0.25, 0.3) is 0 Å². The van der Waals surface area contributed by atoms with Gasteiger partial charge in [-0.2, -0.15) is 0 Å². The fourth-order valence-corrected chi connectivity index (χ4v) is 3.13. The zero-order valence-electron chi connectivity index (χ0n) is 12.4. The number of methoxy groups -OCH3 is 2. The third-order valence-corrected chi connectivity index (χ3v) is 4.45. The lowest BCUT2D eigenvalue weighted by molar-refractivity contribution is 0.0596. The second-order valence-corrected chi connectivity index (χ2v) is 6.44. The lowest BCUT2D eigenvalue weighted by atomic mass is 10.2. The van der Waals surface area contributed by atoms with Crippen molar-refractivity contribution in [2.45, 2.75) is 4.90 Å². The van der Waals surface area contributed by atoms with E-state index in [4.69, 9.17) is 16.3 Å². The van der Waals surface area contributed by atoms with Gasteiger partial charge in [-0.05, 0) is 18.2 Å². The maximum atomic E-state index is 12.3. The summed E-state index contributed by atoms with van der Waals surface area (Å²) in [6.45, 7) is 1.74. The largest absolute Gasteiger partial charge is 0.465 e. The van der Waals surface area contributed by atoms with Crippen LogP contribution in [-0.4, -0.2) is 54.8 Å². The SMILES string of the molecule is COCCNCCNS(=O)(=O)c1cc(Cl)ccc1C(=O)OC. The lowest BCUT2D eigenvalue weighted by Crippen LogP contribution is -2.33. The summed E-state index contributed by atoms with van der Waals surface area (Å²) in [5.74, 6) is -0.740. The summed E-state index contributed by atoms with van der Waals surface area (Å²) in [6.07, 6.45) is 0. The summed E-state index contributed by atoms with van der Waals surface area (Å²) in [5.41, 5.74) is -0.0632. The van der Waals surface area contributed by atoms with Crippen molar-refractivity contribution in [2.24, 2.45) is 0 Å². The van der Waals surface area contributed by atoms with Crippen molar-refractivity contribution in [3.05, 3.63) is 28.8 Å². The number of halogens is 1. The lowest BCUT2D eigenvalue weighted by Gasteiger charge is -2.11. The van der Waals surface area contributed by atoms with Gasteiger partial charge in [0.05, 0.1) is 24.2 Å². The molecule has 9 heteroatoms. The van der Waals surface area contributed by atoms with Gasteiger partial charge >= 0.3 is 5.97 Å². The van der Waals surface area contributed by atoms with Crippen LogP contribution in [0.3, 0.4) is 0 Å². The predicted molar refractivity (Wildman–Crippen MR) is 82.7 cm³/mol. The number of hydrogen-bond acceptors (Lipinski definition) is 6. The highest BCUT2D eigenvalue weighted by molar-refractivity contribution is 7.89. The molecule has 0 heterocycles. The van der Waals surface area contributed by atoms with Crippen LogP contribution in [0.4, 0.5) is 0 Å². The van der Waals surface area contributed by atoms with Crippen molar-refractivity contribution < 1.29 is 22.7 Å². The molecule has 0 spiro atoms. The number of hydrogen-bond donors (Lipinski definition) is 2. The molecule has 1 aromatic carbocycles. The van der Waals surface area contributed by atoms with Gasteiger partial charge in [-0.15, -0.1) is 0 Å². The highest BCUT2D eigenvalue weighted by Gasteiger charge is 2.23. The molecule has 0 aliphatic carbocycles. The molecule has 2 N–H and O–H groups in total. The molecule has 0 saturated carbocycles. The molecule has 0 amide bonds. The standard InChI is InChI=1S/C13H19ClN2O5S/c1-20-8-7-15-5-6-16-22(18,19)12-9-10(14)3-4-11(12)13(17)21-2/h3-4,9,15-16H,5-8H2,1-2H3. The minimum atomic E-state index is -3.87. The van der Waals surface area contributed by atoms with Crippen molar-refractivity contribution in [3.63, 3.8) is 0 Å². The van der Waals surface area contributed by atoms with Gasteiger partial charge in [-0.1, -0.05) is 11.6 Å². The molecule has 7 nitrogen and oxygen atoms in total. The molecular formula is C13H19ClN2O5S. The summed E-state index contributed by atoms with van der Waals surface area (Å²) >= 11 is 5.82. The first kappa shape index (κ1) is 18.9. The Bertz CT molecular complexity index is 606. The van der Waals surface area contributed by atoms with Gasteiger partial charge in [-0.25, -0.2) is 17.9 Å². The zero-order chi connectivity index (χ0) is 16.6. The number of nitrogens with one attached hydrogen (secondary N) is 2. The Hall–Kier alpha value is -1.19. The number of benzene rings is 1. The van der Waals surface area contributed by atoms with Crippen molar-refractivity contribution in [1.82, 2.24) is 10.0 Å². The summed E-state index contributed by atoms with van der Waals surface area (Å²) < 4.78 is 36.4. The van der Waals surface area contributed by atoms with Crippen molar-refractivity contribution in [1.29, 1.82) is 0 Å². The molecule has 124 valence electrons. The van der Waals surface area contributed by atoms with Gasteiger partial charge in [0.1, 0.15) is 0 Å². The molecule has 0 unspecified atom stereocenters. The van der Waals surface area contributed by atoms with Crippen LogP contribution in [0.2, 0.25) is 5.02 Å². The maximum Gasteiger partial charge on any atom is 0.339 e. The Balaban J connectivity index is 2.79. The summed E-state index contributed by atoms with van der Waals surface area (Å²) in [4.78, 5) is 11.5. The predicted octanol–water partition coefficient (Wildman–Crippen LogP) is 0.641. The molecular weight excluding hydrogens is 332 g/mol. The Morgan fingerprint density at radius 2 is 1.95 bits per heavy atom. The number of esters is 1. The average Bonchev–Trinajstić information content (AvgIpc) is 2.50. The third kappa shape index (κ3) is 5.54. The van der Waals surface area contributed by atoms with E-state index in [0.717, 1.165) is 0 Å². The van der Waals surface area contributed by atoms with E-state index in [1.807, 2.05) is 0 Å². The summed E-state index contributed by atoms with van der Waals surface area (Å²) in [7, 11) is -1.11. The second-order valence-electron chi connectivity index (χ2n) is 4.27. The van der Waals surface area contributed by atoms with Crippen molar-refractivity contribution in [2.75, 3.05) is 40.5 Å². The number of carbonyl (C=O) groups is 1. The molecule has 0 radical (unpaired) electrons. The molecule has 0 aliphatic rings. The Morgan fingerprint density at radius 1 is 1.23 bits per heavy atom. The molecule has 22 heavy (non-hydrogen) atoms. The first-order valence-corrected chi connectivity index (χ1v) is 8.35. The topological polar surface area (TPSA) is 93.7 Å². The van der Waals surface area contributed by atoms with E-state index in [1.165, 1.54) is 25.3 Å². The van der Waals surface area contributed by atoms with Gasteiger partial charge < -0.3 is 14.8 Å². The summed E-state index contributed by atoms with van der Waals surface area (Å²) in [6, 6.07) is 3.97. The van der Waals surface area contributed by atoms with E-state index in [1.54, 1.807) is 7.11 Å². The smallest absolute Gasteiger partial charge is 0.339 e. The maximum absolute atomic E-state index is 12.3. The Morgan fingerprint density at radius 3 is 2.59 bits per heavy atom. The average molecular weight is 351 g/mol. The fourth-order valence-electron chi connectivity index (χ4n) is 1.65. The van der Waals surface area contributed by atoms with Gasteiger partial charge in [0, 0.05) is 31.8 Å². The fraction of sp³-hybridized carbons (Fsp3) is 0.462. The first-order chi connectivity index (χ1) is 10.4. The van der Waals surface area contributed by atoms with Crippen molar-refractivity contribution in [3.8, 4) is 0 Å². The minimum Gasteiger partial charge on any atom is -0.465 e. The monoisotopic (exact) mass is 350 g/mol. The van der Waals surface area contributed by atoms with Gasteiger partial charge in [-0.3, -0.25) is 0 Å². The van der Waals surface area contributed by atoms with Gasteiger partial charge in [0.2, 0.25) is 10.0 Å². The van der Waals surface area contributed by atoms with E-state index in [2.05, 4.69) is 14.8 Å². The molecule has 0 atom stereocenters. The molecule has 0 saturated heterocycles. The first-order valence-electron chi connectivity index (χ1n) is 6.49. The number of ether oxygens (including phenoxy) is 2. The Kier molecular flexibility index (Phi) is 7.77. The third-order valence-electron chi connectivity index (χ3n) is 2.72. The van der Waals surface area contributed by atoms with Crippen LogP contribution < -0.4 is 10.0 Å². The molecule has 0 fully saturated rings. The number of carbonyl (C=O) groups excluding carboxylic acids is 1. The van der Waals surface area contributed by atoms with E-state index in [-0.39, 0.29) is 22.0 Å². The second kappa shape index (κ2) is 9.06. The quantitative estimate of drug-likeness (QED) is 0.501. The molecule has 0 aromatic heterocycles. The van der Waals surface area contributed by atoms with Crippen LogP contribution in [0.15, 0.2) is 23.1 Å². The van der Waals surface area contributed by atoms with E-state index >= 15 is 0 Å². The highest BCUT2D eigenvalue weighted by Crippen LogP contribution is 2.21. The van der Waals surface area contributed by atoms with Crippen LogP contribution >= 0.6 is 11.6 Å². The Labute approximate surface area is 135 Å². The number of rotatable bonds is 9. The van der Waals surface area contributed by atoms with Crippen LogP contribution in [0.25, 0.3) is 0 Å². The number of sulfonamides is 1. The summed E-state index contributed by atoms with van der Waals surface area (Å²) in [5, 5.41) is 3.21. The van der Waals surface area contributed by atoms with Crippen LogP contribution in [0.1, 0.15) is 10.4 Å². The van der Waals surface area contributed by atoms with E-state index in [9.17, 15) is 13.2 Å².